The molecule has 4 atom stereocenters. The first-order chi connectivity index (χ1) is 4.89. The molecule has 0 aromatic heterocycles. The van der Waals surface area contributed by atoms with Crippen LogP contribution in [0.1, 0.15) is 0 Å². The van der Waals surface area contributed by atoms with Gasteiger partial charge in [0.05, 0.1) is 0 Å². The Bertz CT molecular complexity index is 231. The summed E-state index contributed by atoms with van der Waals surface area (Å²) < 4.78 is 69.0. The maximum atomic E-state index is 12.2. The lowest BCUT2D eigenvalue weighted by Crippen LogP contribution is -2.20. The highest BCUT2D eigenvalue weighted by atomic mass is 32.2. The van der Waals surface area contributed by atoms with Gasteiger partial charge >= 0.3 is 0 Å². The minimum absolute atomic E-state index is 2.89. The molecule has 0 aromatic carbocycles. The normalized spacial score (nSPS) is 49.5. The fraction of sp³-hybridized carbons (Fsp3) is 1.00. The van der Waals surface area contributed by atoms with E-state index in [-0.39, 0.29) is 0 Å². The fourth-order valence-electron chi connectivity index (χ4n) is 0.776. The van der Waals surface area contributed by atoms with E-state index in [1.165, 1.54) is 0 Å². The lowest BCUT2D eigenvalue weighted by atomic mass is 10.3. The molecule has 4 unspecified atom stereocenters. The SMILES string of the molecule is O=S1(=O)C(F)C(F)C(F)C1F. The highest BCUT2D eigenvalue weighted by molar-refractivity contribution is 7.92. The first kappa shape index (κ1) is 8.76. The maximum absolute atomic E-state index is 12.2. The zero-order valence-corrected chi connectivity index (χ0v) is 5.86. The van der Waals surface area contributed by atoms with Gasteiger partial charge in [0, 0.05) is 0 Å². The third-order valence-electron chi connectivity index (χ3n) is 1.43. The van der Waals surface area contributed by atoms with Crippen molar-refractivity contribution in [1.29, 1.82) is 0 Å². The van der Waals surface area contributed by atoms with Crippen LogP contribution in [0.25, 0.3) is 0 Å². The van der Waals surface area contributed by atoms with Crippen molar-refractivity contribution in [2.45, 2.75) is 23.4 Å². The van der Waals surface area contributed by atoms with Crippen LogP contribution in [0.2, 0.25) is 0 Å². The smallest absolute Gasteiger partial charge is 0.237 e. The highest BCUT2D eigenvalue weighted by Crippen LogP contribution is 2.34. The predicted molar refractivity (Wildman–Crippen MR) is 28.5 cm³/mol. The molecule has 2 nitrogen and oxygen atoms in total. The molecule has 0 bridgehead atoms. The monoisotopic (exact) mass is 192 g/mol. The molecular weight excluding hydrogens is 188 g/mol. The molecule has 7 heteroatoms. The number of halogens is 4. The topological polar surface area (TPSA) is 34.1 Å². The van der Waals surface area contributed by atoms with Crippen LogP contribution in [0.5, 0.6) is 0 Å². The summed E-state index contributed by atoms with van der Waals surface area (Å²) >= 11 is 0. The van der Waals surface area contributed by atoms with Crippen LogP contribution in [0, 0.1) is 0 Å². The number of sulfone groups is 1. The maximum Gasteiger partial charge on any atom is 0.237 e. The van der Waals surface area contributed by atoms with Crippen molar-refractivity contribution in [2.24, 2.45) is 0 Å². The Morgan fingerprint density at radius 1 is 0.818 bits per heavy atom. The summed E-state index contributed by atoms with van der Waals surface area (Å²) in [6.45, 7) is 0. The lowest BCUT2D eigenvalue weighted by Gasteiger charge is -1.99. The van der Waals surface area contributed by atoms with Gasteiger partial charge in [0.25, 0.3) is 0 Å². The number of alkyl halides is 4. The summed E-state index contributed by atoms with van der Waals surface area (Å²) in [6.07, 6.45) is -5.79. The van der Waals surface area contributed by atoms with Gasteiger partial charge in [-0.05, 0) is 0 Å². The van der Waals surface area contributed by atoms with Crippen molar-refractivity contribution >= 4 is 9.84 Å². The van der Waals surface area contributed by atoms with E-state index in [1.807, 2.05) is 0 Å². The molecule has 1 rings (SSSR count). The first-order valence-corrected chi connectivity index (χ1v) is 4.29. The lowest BCUT2D eigenvalue weighted by molar-refractivity contribution is 0.111. The van der Waals surface area contributed by atoms with Crippen LogP contribution in [-0.4, -0.2) is 31.8 Å². The standard InChI is InChI=1S/C4H4F4O2S/c5-1-2(6)4(8)11(9,10)3(1)7/h1-4H. The minimum Gasteiger partial charge on any atom is -0.240 e. The van der Waals surface area contributed by atoms with Crippen LogP contribution in [0.15, 0.2) is 0 Å². The van der Waals surface area contributed by atoms with Crippen molar-refractivity contribution < 1.29 is 26.0 Å². The van der Waals surface area contributed by atoms with Gasteiger partial charge in [0.2, 0.25) is 20.8 Å². The van der Waals surface area contributed by atoms with Crippen molar-refractivity contribution in [3.05, 3.63) is 0 Å². The second-order valence-corrected chi connectivity index (χ2v) is 4.26. The molecule has 1 fully saturated rings. The van der Waals surface area contributed by atoms with Gasteiger partial charge in [0.1, 0.15) is 0 Å². The van der Waals surface area contributed by atoms with E-state index in [0.29, 0.717) is 0 Å². The number of rotatable bonds is 0. The first-order valence-electron chi connectivity index (χ1n) is 2.68. The van der Waals surface area contributed by atoms with E-state index < -0.39 is 33.2 Å². The number of hydrogen-bond donors (Lipinski definition) is 0. The molecule has 0 saturated carbocycles. The van der Waals surface area contributed by atoms with Crippen LogP contribution < -0.4 is 0 Å². The van der Waals surface area contributed by atoms with E-state index in [0.717, 1.165) is 0 Å². The summed E-state index contributed by atoms with van der Waals surface area (Å²) in [7, 11) is -4.89. The third-order valence-corrected chi connectivity index (χ3v) is 3.21. The Hall–Kier alpha value is -0.330. The molecule has 1 aliphatic heterocycles. The van der Waals surface area contributed by atoms with Crippen LogP contribution in [0.4, 0.5) is 17.6 Å². The highest BCUT2D eigenvalue weighted by Gasteiger charge is 2.57. The van der Waals surface area contributed by atoms with Crippen LogP contribution in [-0.2, 0) is 9.84 Å². The predicted octanol–water partition coefficient (Wildman–Crippen LogP) is 0.682. The van der Waals surface area contributed by atoms with Crippen molar-refractivity contribution in [3.8, 4) is 0 Å². The molecule has 0 aliphatic carbocycles. The Kier molecular flexibility index (Phi) is 1.85. The average molecular weight is 192 g/mol. The van der Waals surface area contributed by atoms with Crippen LogP contribution >= 0.6 is 0 Å². The van der Waals surface area contributed by atoms with Crippen LogP contribution in [0.3, 0.4) is 0 Å². The second kappa shape index (κ2) is 2.33. The molecular formula is C4H4F4O2S. The molecule has 0 radical (unpaired) electrons. The van der Waals surface area contributed by atoms with E-state index in [2.05, 4.69) is 0 Å². The minimum atomic E-state index is -4.89. The van der Waals surface area contributed by atoms with Crippen molar-refractivity contribution in [3.63, 3.8) is 0 Å². The summed E-state index contributed by atoms with van der Waals surface area (Å²) in [6, 6.07) is 0. The molecule has 1 aliphatic rings. The quantitative estimate of drug-likeness (QED) is 0.529. The average Bonchev–Trinajstić information content (AvgIpc) is 2.06. The summed E-state index contributed by atoms with van der Waals surface area (Å²) in [5.74, 6) is 0. The fourth-order valence-corrected chi connectivity index (χ4v) is 2.05. The Morgan fingerprint density at radius 3 is 1.18 bits per heavy atom. The van der Waals surface area contributed by atoms with E-state index in [1.54, 1.807) is 0 Å². The second-order valence-electron chi connectivity index (χ2n) is 2.18. The Labute approximate surface area is 60.1 Å². The molecule has 0 aromatic rings. The van der Waals surface area contributed by atoms with Gasteiger partial charge in [-0.15, -0.1) is 0 Å². The van der Waals surface area contributed by atoms with Gasteiger partial charge in [0.15, 0.2) is 12.3 Å². The molecule has 66 valence electrons. The Balaban J connectivity index is 3.06. The zero-order chi connectivity index (χ0) is 8.81. The van der Waals surface area contributed by atoms with Gasteiger partial charge < -0.3 is 0 Å². The zero-order valence-electron chi connectivity index (χ0n) is 5.05. The van der Waals surface area contributed by atoms with Gasteiger partial charge in [-0.25, -0.2) is 26.0 Å². The van der Waals surface area contributed by atoms with E-state index >= 15 is 0 Å². The van der Waals surface area contributed by atoms with Crippen molar-refractivity contribution in [1.82, 2.24) is 0 Å². The molecule has 0 spiro atoms. The summed E-state index contributed by atoms with van der Waals surface area (Å²) in [5.41, 5.74) is -6.13. The van der Waals surface area contributed by atoms with E-state index in [4.69, 9.17) is 0 Å². The molecule has 11 heavy (non-hydrogen) atoms. The largest absolute Gasteiger partial charge is 0.240 e. The molecule has 0 amide bonds. The molecule has 0 N–H and O–H groups in total. The summed E-state index contributed by atoms with van der Waals surface area (Å²) in [4.78, 5) is 0. The molecule has 1 heterocycles. The molecule has 1 saturated heterocycles. The van der Waals surface area contributed by atoms with Gasteiger partial charge in [-0.3, -0.25) is 0 Å². The van der Waals surface area contributed by atoms with E-state index in [9.17, 15) is 26.0 Å². The Morgan fingerprint density at radius 2 is 1.09 bits per heavy atom. The summed E-state index contributed by atoms with van der Waals surface area (Å²) in [5, 5.41) is 0. The van der Waals surface area contributed by atoms with Crippen molar-refractivity contribution in [2.75, 3.05) is 0 Å². The third kappa shape index (κ3) is 1.02. The van der Waals surface area contributed by atoms with Gasteiger partial charge in [-0.2, -0.15) is 0 Å². The van der Waals surface area contributed by atoms with Gasteiger partial charge in [-0.1, -0.05) is 0 Å². The number of hydrogen-bond acceptors (Lipinski definition) is 2.